The van der Waals surface area contributed by atoms with Gasteiger partial charge in [-0.05, 0) is 64.0 Å². The Kier molecular flexibility index (Phi) is 4.87. The molecule has 4 heterocycles. The normalized spacial score (nSPS) is 11.8. The molecule has 4 heteroatoms. The molecule has 0 unspecified atom stereocenters. The van der Waals surface area contributed by atoms with Crippen LogP contribution in [0.25, 0.3) is 87.7 Å². The van der Waals surface area contributed by atoms with Crippen molar-refractivity contribution in [3.63, 3.8) is 0 Å². The zero-order chi connectivity index (χ0) is 27.6. The lowest BCUT2D eigenvalue weighted by Crippen LogP contribution is -1.91. The molecule has 0 amide bonds. The molecule has 4 nitrogen and oxygen atoms in total. The molecule has 0 aliphatic carbocycles. The third-order valence-electron chi connectivity index (χ3n) is 8.30. The second-order valence-corrected chi connectivity index (χ2v) is 10.7. The van der Waals surface area contributed by atoms with Crippen LogP contribution in [-0.4, -0.2) is 19.9 Å². The van der Waals surface area contributed by atoms with Crippen molar-refractivity contribution >= 4 is 65.2 Å². The molecular formula is C38H22N4. The third-order valence-corrected chi connectivity index (χ3v) is 8.30. The number of aromatic nitrogens is 4. The Bertz CT molecular complexity index is 2500. The van der Waals surface area contributed by atoms with E-state index in [4.69, 9.17) is 15.0 Å². The lowest BCUT2D eigenvalue weighted by Gasteiger charge is -2.11. The highest BCUT2D eigenvalue weighted by molar-refractivity contribution is 6.23. The van der Waals surface area contributed by atoms with Gasteiger partial charge in [0.25, 0.3) is 0 Å². The molecule has 0 fully saturated rings. The molecule has 0 N–H and O–H groups in total. The largest absolute Gasteiger partial charge is 0.254 e. The fourth-order valence-corrected chi connectivity index (χ4v) is 6.23. The van der Waals surface area contributed by atoms with Crippen LogP contribution in [0.1, 0.15) is 0 Å². The second kappa shape index (κ2) is 8.88. The van der Waals surface area contributed by atoms with E-state index < -0.39 is 0 Å². The zero-order valence-electron chi connectivity index (χ0n) is 22.5. The Hall–Kier alpha value is -5.74. The number of benzene rings is 5. The Morgan fingerprint density at radius 1 is 0.333 bits per heavy atom. The molecule has 0 radical (unpaired) electrons. The zero-order valence-corrected chi connectivity index (χ0v) is 22.5. The highest BCUT2D eigenvalue weighted by Crippen LogP contribution is 2.35. The minimum Gasteiger partial charge on any atom is -0.254 e. The smallest absolute Gasteiger partial charge is 0.0978 e. The van der Waals surface area contributed by atoms with E-state index in [0.29, 0.717) is 0 Å². The second-order valence-electron chi connectivity index (χ2n) is 10.7. The molecule has 0 bridgehead atoms. The summed E-state index contributed by atoms with van der Waals surface area (Å²) in [5.41, 5.74) is 7.71. The highest BCUT2D eigenvalue weighted by Gasteiger charge is 2.13. The first-order valence-corrected chi connectivity index (χ1v) is 14.1. The van der Waals surface area contributed by atoms with Gasteiger partial charge in [0.05, 0.1) is 33.5 Å². The minimum atomic E-state index is 0.924. The van der Waals surface area contributed by atoms with Crippen LogP contribution in [0.2, 0.25) is 0 Å². The van der Waals surface area contributed by atoms with E-state index in [0.717, 1.165) is 71.5 Å². The van der Waals surface area contributed by atoms with E-state index in [9.17, 15) is 0 Å². The number of nitrogens with zero attached hydrogens (tertiary/aromatic N) is 4. The topological polar surface area (TPSA) is 51.6 Å². The van der Waals surface area contributed by atoms with Crippen molar-refractivity contribution in [3.8, 4) is 22.5 Å². The van der Waals surface area contributed by atoms with Crippen LogP contribution in [0, 0.1) is 0 Å². The van der Waals surface area contributed by atoms with E-state index in [-0.39, 0.29) is 0 Å². The van der Waals surface area contributed by atoms with Gasteiger partial charge >= 0.3 is 0 Å². The molecule has 0 aliphatic rings. The summed E-state index contributed by atoms with van der Waals surface area (Å²) < 4.78 is 0. The summed E-state index contributed by atoms with van der Waals surface area (Å²) >= 11 is 0. The third kappa shape index (κ3) is 3.49. The van der Waals surface area contributed by atoms with Crippen LogP contribution >= 0.6 is 0 Å². The van der Waals surface area contributed by atoms with Gasteiger partial charge < -0.3 is 0 Å². The van der Waals surface area contributed by atoms with Crippen molar-refractivity contribution in [2.45, 2.75) is 0 Å². The van der Waals surface area contributed by atoms with Crippen molar-refractivity contribution in [2.75, 3.05) is 0 Å². The van der Waals surface area contributed by atoms with Gasteiger partial charge in [0.15, 0.2) is 0 Å². The predicted molar refractivity (Wildman–Crippen MR) is 174 cm³/mol. The Balaban J connectivity index is 1.20. The van der Waals surface area contributed by atoms with Gasteiger partial charge in [0.2, 0.25) is 0 Å². The molecule has 0 saturated carbocycles. The number of pyridine rings is 4. The van der Waals surface area contributed by atoms with Crippen LogP contribution in [0.15, 0.2) is 134 Å². The summed E-state index contributed by atoms with van der Waals surface area (Å²) in [4.78, 5) is 19.6. The van der Waals surface area contributed by atoms with Gasteiger partial charge in [-0.1, -0.05) is 78.9 Å². The quantitative estimate of drug-likeness (QED) is 0.207. The monoisotopic (exact) mass is 534 g/mol. The lowest BCUT2D eigenvalue weighted by atomic mass is 9.98. The average Bonchev–Trinajstić information content (AvgIpc) is 3.07. The van der Waals surface area contributed by atoms with Gasteiger partial charge in [-0.25, -0.2) is 9.97 Å². The maximum Gasteiger partial charge on any atom is 0.0978 e. The SMILES string of the molecule is c1cnc2c(c1)ccc1ccc(-c3ccc4ccc(-c5ccc6c7ccccc7c7cccnc7c6n5)cc4c3)nc12. The maximum atomic E-state index is 5.19. The minimum absolute atomic E-state index is 0.924. The van der Waals surface area contributed by atoms with Crippen LogP contribution in [-0.2, 0) is 0 Å². The van der Waals surface area contributed by atoms with Crippen LogP contribution in [0.5, 0.6) is 0 Å². The Morgan fingerprint density at radius 3 is 1.64 bits per heavy atom. The fraction of sp³-hybridized carbons (Fsp3) is 0. The van der Waals surface area contributed by atoms with Crippen LogP contribution < -0.4 is 0 Å². The van der Waals surface area contributed by atoms with E-state index in [1.807, 2.05) is 24.5 Å². The van der Waals surface area contributed by atoms with Crippen LogP contribution in [0.4, 0.5) is 0 Å². The van der Waals surface area contributed by atoms with Crippen molar-refractivity contribution in [2.24, 2.45) is 0 Å². The number of hydrogen-bond donors (Lipinski definition) is 0. The van der Waals surface area contributed by atoms with Crippen LogP contribution in [0.3, 0.4) is 0 Å². The summed E-state index contributed by atoms with van der Waals surface area (Å²) in [5.74, 6) is 0. The van der Waals surface area contributed by atoms with Gasteiger partial charge in [0.1, 0.15) is 0 Å². The van der Waals surface area contributed by atoms with Gasteiger partial charge in [0, 0.05) is 45.1 Å². The lowest BCUT2D eigenvalue weighted by molar-refractivity contribution is 1.37. The predicted octanol–water partition coefficient (Wildman–Crippen LogP) is 9.52. The number of hydrogen-bond acceptors (Lipinski definition) is 4. The van der Waals surface area contributed by atoms with Gasteiger partial charge in [-0.3, -0.25) is 9.97 Å². The molecule has 0 spiro atoms. The first-order valence-electron chi connectivity index (χ1n) is 14.1. The van der Waals surface area contributed by atoms with Crippen molar-refractivity contribution in [1.82, 2.24) is 19.9 Å². The molecule has 194 valence electrons. The maximum absolute atomic E-state index is 5.19. The molecular weight excluding hydrogens is 512 g/mol. The molecule has 42 heavy (non-hydrogen) atoms. The number of fused-ring (bicyclic) bond motifs is 10. The molecule has 0 atom stereocenters. The van der Waals surface area contributed by atoms with Crippen molar-refractivity contribution in [3.05, 3.63) is 134 Å². The van der Waals surface area contributed by atoms with E-state index >= 15 is 0 Å². The van der Waals surface area contributed by atoms with Gasteiger partial charge in [-0.15, -0.1) is 0 Å². The standard InChI is InChI=1S/C38H22N4/c1-2-7-30-29(6-1)31-8-4-20-40-37(31)38-32(30)16-18-34(42-38)27-14-10-23-9-13-26(21-28(23)22-27)33-17-15-25-12-11-24-5-3-19-39-35(24)36(25)41-33/h1-22H. The van der Waals surface area contributed by atoms with Gasteiger partial charge in [-0.2, -0.15) is 0 Å². The summed E-state index contributed by atoms with van der Waals surface area (Å²) in [7, 11) is 0. The summed E-state index contributed by atoms with van der Waals surface area (Å²) in [6, 6.07) is 42.5. The molecule has 0 saturated heterocycles. The molecule has 9 rings (SSSR count). The molecule has 4 aromatic heterocycles. The highest BCUT2D eigenvalue weighted by atomic mass is 14.8. The first kappa shape index (κ1) is 23.0. The van der Waals surface area contributed by atoms with E-state index in [2.05, 4.69) is 114 Å². The van der Waals surface area contributed by atoms with Crippen molar-refractivity contribution < 1.29 is 0 Å². The fourth-order valence-electron chi connectivity index (χ4n) is 6.23. The Morgan fingerprint density at radius 2 is 0.881 bits per heavy atom. The van der Waals surface area contributed by atoms with Crippen molar-refractivity contribution in [1.29, 1.82) is 0 Å². The summed E-state index contributed by atoms with van der Waals surface area (Å²) in [6.07, 6.45) is 3.68. The molecule has 5 aromatic carbocycles. The van der Waals surface area contributed by atoms with E-state index in [1.54, 1.807) is 0 Å². The average molecular weight is 535 g/mol. The molecule has 0 aliphatic heterocycles. The summed E-state index contributed by atoms with van der Waals surface area (Å²) in [5, 5.41) is 9.14. The number of rotatable bonds is 2. The van der Waals surface area contributed by atoms with E-state index in [1.165, 1.54) is 16.2 Å². The first-order chi connectivity index (χ1) is 20.8. The Labute approximate surface area is 241 Å². The molecule has 9 aromatic rings. The summed E-state index contributed by atoms with van der Waals surface area (Å²) in [6.45, 7) is 0.